The third-order valence-corrected chi connectivity index (χ3v) is 6.33. The number of ketones is 1. The van der Waals surface area contributed by atoms with Crippen molar-refractivity contribution in [1.29, 1.82) is 0 Å². The Morgan fingerprint density at radius 1 is 1.27 bits per heavy atom. The smallest absolute Gasteiger partial charge is 0.313 e. The number of carbonyl (C=O) groups excluding carboxylic acids is 3. The highest BCUT2D eigenvalue weighted by Crippen LogP contribution is 2.44. The molecule has 0 bridgehead atoms. The van der Waals surface area contributed by atoms with Gasteiger partial charge in [0.2, 0.25) is 5.91 Å². The Bertz CT molecular complexity index is 766. The maximum absolute atomic E-state index is 12.2. The quantitative estimate of drug-likeness (QED) is 0.379. The van der Waals surface area contributed by atoms with Crippen LogP contribution in [0.4, 0.5) is 0 Å². The number of ether oxygens (including phenoxy) is 2. The molecule has 3 rings (SSSR count). The number of hydrogen-bond donors (Lipinski definition) is 1. The van der Waals surface area contributed by atoms with Crippen LogP contribution in [0.2, 0.25) is 0 Å². The summed E-state index contributed by atoms with van der Waals surface area (Å²) in [6.45, 7) is 4.47. The van der Waals surface area contributed by atoms with Gasteiger partial charge in [-0.05, 0) is 55.2 Å². The Morgan fingerprint density at radius 2 is 2.03 bits per heavy atom. The summed E-state index contributed by atoms with van der Waals surface area (Å²) in [5.74, 6) is 0.692. The topological polar surface area (TPSA) is 81.7 Å². The summed E-state index contributed by atoms with van der Waals surface area (Å²) in [7, 11) is 0. The van der Waals surface area contributed by atoms with E-state index in [1.807, 2.05) is 12.1 Å². The predicted octanol–water partition coefficient (Wildman–Crippen LogP) is 3.53. The first-order chi connectivity index (χ1) is 14.4. The standard InChI is InChI=1S/C24H33NO5/c1-3-19-14-18(8-9-22(19)29-13-12-25-17(2)26)10-11-24(20-6-4-5-7-20)16-21(27)15-23(28)30-24/h8-9,14,20H,3-7,10-13,15-16H2,1-2H3,(H,25,26). The van der Waals surface area contributed by atoms with Gasteiger partial charge in [-0.2, -0.15) is 0 Å². The third kappa shape index (κ3) is 5.61. The van der Waals surface area contributed by atoms with Gasteiger partial charge < -0.3 is 14.8 Å². The van der Waals surface area contributed by atoms with Crippen LogP contribution in [0.15, 0.2) is 18.2 Å². The second-order valence-corrected chi connectivity index (χ2v) is 8.54. The molecule has 1 atom stereocenters. The van der Waals surface area contributed by atoms with Crippen molar-refractivity contribution in [2.24, 2.45) is 5.92 Å². The summed E-state index contributed by atoms with van der Waals surface area (Å²) in [6, 6.07) is 6.16. The zero-order chi connectivity index (χ0) is 21.6. The molecule has 164 valence electrons. The van der Waals surface area contributed by atoms with E-state index < -0.39 is 5.60 Å². The van der Waals surface area contributed by atoms with Crippen molar-refractivity contribution in [3.05, 3.63) is 29.3 Å². The lowest BCUT2D eigenvalue weighted by molar-refractivity contribution is -0.178. The Balaban J connectivity index is 1.67. The molecule has 2 aliphatic rings. The average Bonchev–Trinajstić information content (AvgIpc) is 3.25. The van der Waals surface area contributed by atoms with Crippen LogP contribution in [-0.4, -0.2) is 36.4 Å². The van der Waals surface area contributed by atoms with E-state index in [-0.39, 0.29) is 30.0 Å². The molecule has 6 heteroatoms. The monoisotopic (exact) mass is 415 g/mol. The molecule has 1 saturated carbocycles. The lowest BCUT2D eigenvalue weighted by Crippen LogP contribution is -2.48. The summed E-state index contributed by atoms with van der Waals surface area (Å²) in [5, 5.41) is 2.73. The fourth-order valence-electron chi connectivity index (χ4n) is 4.83. The highest BCUT2D eigenvalue weighted by molar-refractivity contribution is 5.98. The molecule has 0 aromatic heterocycles. The molecule has 1 aliphatic heterocycles. The maximum atomic E-state index is 12.2. The maximum Gasteiger partial charge on any atom is 0.313 e. The van der Waals surface area contributed by atoms with Gasteiger partial charge >= 0.3 is 5.97 Å². The number of esters is 1. The number of carbonyl (C=O) groups is 3. The van der Waals surface area contributed by atoms with E-state index in [2.05, 4.69) is 18.3 Å². The predicted molar refractivity (Wildman–Crippen MR) is 113 cm³/mol. The van der Waals surface area contributed by atoms with Crippen LogP contribution in [0.3, 0.4) is 0 Å². The number of nitrogens with one attached hydrogen (secondary N) is 1. The molecule has 1 aliphatic carbocycles. The van der Waals surface area contributed by atoms with Crippen LogP contribution in [0, 0.1) is 5.92 Å². The van der Waals surface area contributed by atoms with Crippen LogP contribution in [0.5, 0.6) is 5.75 Å². The molecule has 2 fully saturated rings. The van der Waals surface area contributed by atoms with Crippen molar-refractivity contribution in [3.8, 4) is 5.75 Å². The number of Topliss-reactive ketones (excluding diaryl/α,β-unsaturated/α-hetero) is 1. The van der Waals surface area contributed by atoms with Crippen molar-refractivity contribution < 1.29 is 23.9 Å². The molecule has 1 aromatic carbocycles. The van der Waals surface area contributed by atoms with Gasteiger partial charge in [0.15, 0.2) is 0 Å². The molecule has 1 saturated heterocycles. The minimum atomic E-state index is -0.636. The van der Waals surface area contributed by atoms with Gasteiger partial charge in [0.25, 0.3) is 0 Å². The van der Waals surface area contributed by atoms with Gasteiger partial charge in [-0.1, -0.05) is 31.9 Å². The number of amides is 1. The number of aryl methyl sites for hydroxylation is 2. The lowest BCUT2D eigenvalue weighted by atomic mass is 9.76. The highest BCUT2D eigenvalue weighted by atomic mass is 16.6. The summed E-state index contributed by atoms with van der Waals surface area (Å²) in [6.07, 6.45) is 6.89. The highest BCUT2D eigenvalue weighted by Gasteiger charge is 2.47. The van der Waals surface area contributed by atoms with E-state index in [4.69, 9.17) is 9.47 Å². The van der Waals surface area contributed by atoms with E-state index in [9.17, 15) is 14.4 Å². The van der Waals surface area contributed by atoms with Gasteiger partial charge in [0, 0.05) is 13.3 Å². The zero-order valence-electron chi connectivity index (χ0n) is 18.1. The van der Waals surface area contributed by atoms with Crippen molar-refractivity contribution in [2.75, 3.05) is 13.2 Å². The number of cyclic esters (lactones) is 1. The van der Waals surface area contributed by atoms with Gasteiger partial charge in [-0.15, -0.1) is 0 Å². The first-order valence-corrected chi connectivity index (χ1v) is 11.1. The van der Waals surface area contributed by atoms with Gasteiger partial charge in [-0.25, -0.2) is 0 Å². The van der Waals surface area contributed by atoms with E-state index in [0.717, 1.165) is 55.4 Å². The molecular weight excluding hydrogens is 382 g/mol. The summed E-state index contributed by atoms with van der Waals surface area (Å²) in [5.41, 5.74) is 1.64. The Labute approximate surface area is 178 Å². The fraction of sp³-hybridized carbons (Fsp3) is 0.625. The average molecular weight is 416 g/mol. The minimum absolute atomic E-state index is 0.00955. The van der Waals surface area contributed by atoms with Crippen molar-refractivity contribution in [3.63, 3.8) is 0 Å². The van der Waals surface area contributed by atoms with Gasteiger partial charge in [-0.3, -0.25) is 14.4 Å². The van der Waals surface area contributed by atoms with E-state index >= 15 is 0 Å². The Hall–Kier alpha value is -2.37. The minimum Gasteiger partial charge on any atom is -0.491 e. The lowest BCUT2D eigenvalue weighted by Gasteiger charge is -2.41. The molecule has 1 aromatic rings. The first kappa shape index (κ1) is 22.3. The van der Waals surface area contributed by atoms with Gasteiger partial charge in [0.05, 0.1) is 6.54 Å². The summed E-state index contributed by atoms with van der Waals surface area (Å²) >= 11 is 0. The molecule has 1 N–H and O–H groups in total. The molecule has 1 amide bonds. The molecule has 1 unspecified atom stereocenters. The van der Waals surface area contributed by atoms with Crippen LogP contribution in [0.25, 0.3) is 0 Å². The number of rotatable bonds is 9. The summed E-state index contributed by atoms with van der Waals surface area (Å²) < 4.78 is 11.7. The second-order valence-electron chi connectivity index (χ2n) is 8.54. The third-order valence-electron chi connectivity index (χ3n) is 6.33. The molecule has 6 nitrogen and oxygen atoms in total. The molecule has 0 radical (unpaired) electrons. The van der Waals surface area contributed by atoms with E-state index in [1.54, 1.807) is 0 Å². The fourth-order valence-corrected chi connectivity index (χ4v) is 4.83. The largest absolute Gasteiger partial charge is 0.491 e. The van der Waals surface area contributed by atoms with Crippen LogP contribution < -0.4 is 10.1 Å². The molecule has 1 heterocycles. The van der Waals surface area contributed by atoms with Crippen molar-refractivity contribution in [2.45, 2.75) is 77.2 Å². The molecule has 30 heavy (non-hydrogen) atoms. The van der Waals surface area contributed by atoms with Crippen molar-refractivity contribution in [1.82, 2.24) is 5.32 Å². The number of hydrogen-bond acceptors (Lipinski definition) is 5. The van der Waals surface area contributed by atoms with E-state index in [1.165, 1.54) is 6.92 Å². The normalized spacial score (nSPS) is 22.1. The second kappa shape index (κ2) is 10.1. The molecular formula is C24H33NO5. The Morgan fingerprint density at radius 3 is 2.70 bits per heavy atom. The van der Waals surface area contributed by atoms with Crippen molar-refractivity contribution >= 4 is 17.7 Å². The number of benzene rings is 1. The summed E-state index contributed by atoms with van der Waals surface area (Å²) in [4.78, 5) is 35.3. The zero-order valence-corrected chi connectivity index (χ0v) is 18.1. The molecule has 0 spiro atoms. The Kier molecular flexibility index (Phi) is 7.51. The van der Waals surface area contributed by atoms with Crippen LogP contribution >= 0.6 is 0 Å². The van der Waals surface area contributed by atoms with Gasteiger partial charge in [0.1, 0.15) is 30.2 Å². The first-order valence-electron chi connectivity index (χ1n) is 11.1. The van der Waals surface area contributed by atoms with E-state index in [0.29, 0.717) is 26.0 Å². The SMILES string of the molecule is CCc1cc(CCC2(C3CCCC3)CC(=O)CC(=O)O2)ccc1OCCNC(C)=O. The van der Waals surface area contributed by atoms with Crippen LogP contribution in [-0.2, 0) is 32.0 Å². The van der Waals surface area contributed by atoms with Crippen LogP contribution in [0.1, 0.15) is 69.9 Å².